The molecule has 0 bridgehead atoms. The monoisotopic (exact) mass is 480 g/mol. The molecular weight excluding hydrogens is 452 g/mol. The van der Waals surface area contributed by atoms with E-state index < -0.39 is 0 Å². The summed E-state index contributed by atoms with van der Waals surface area (Å²) < 4.78 is 11.0. The zero-order chi connectivity index (χ0) is 23.7. The molecule has 2 aromatic heterocycles. The van der Waals surface area contributed by atoms with E-state index >= 15 is 0 Å². The number of thiophene rings is 1. The van der Waals surface area contributed by atoms with Crippen LogP contribution in [-0.2, 0) is 24.2 Å². The maximum Gasteiger partial charge on any atom is 0.320 e. The average molecular weight is 481 g/mol. The third-order valence-electron chi connectivity index (χ3n) is 6.22. The quantitative estimate of drug-likeness (QED) is 0.517. The minimum Gasteiger partial charge on any atom is -0.495 e. The molecule has 0 aliphatic carbocycles. The highest BCUT2D eigenvalue weighted by Gasteiger charge is 2.28. The van der Waals surface area contributed by atoms with Crippen molar-refractivity contribution in [2.45, 2.75) is 26.4 Å². The van der Waals surface area contributed by atoms with Crippen molar-refractivity contribution < 1.29 is 14.3 Å². The number of nitrogens with one attached hydrogen (secondary N) is 1. The number of ether oxygens (including phenoxy) is 2. The van der Waals surface area contributed by atoms with Crippen LogP contribution in [0.4, 0.5) is 16.3 Å². The van der Waals surface area contributed by atoms with Crippen molar-refractivity contribution in [3.05, 3.63) is 40.0 Å². The second-order valence-corrected chi connectivity index (χ2v) is 9.41. The van der Waals surface area contributed by atoms with Gasteiger partial charge in [0.2, 0.25) is 0 Å². The predicted octanol–water partition coefficient (Wildman–Crippen LogP) is 3.82. The van der Waals surface area contributed by atoms with Crippen molar-refractivity contribution in [1.29, 1.82) is 0 Å². The van der Waals surface area contributed by atoms with Gasteiger partial charge in [-0.25, -0.2) is 14.8 Å². The number of likely N-dealkylation sites (N-methyl/N-ethyl adjacent to an activating group) is 1. The molecule has 9 nitrogen and oxygen atoms in total. The van der Waals surface area contributed by atoms with E-state index in [1.54, 1.807) is 29.7 Å². The maximum absolute atomic E-state index is 12.9. The number of anilines is 2. The summed E-state index contributed by atoms with van der Waals surface area (Å²) in [5.41, 5.74) is 4.30. The summed E-state index contributed by atoms with van der Waals surface area (Å²) in [6.45, 7) is 5.64. The van der Waals surface area contributed by atoms with Gasteiger partial charge in [-0.1, -0.05) is 0 Å². The van der Waals surface area contributed by atoms with E-state index in [-0.39, 0.29) is 6.03 Å². The number of hydrogen-bond donors (Lipinski definition) is 1. The molecule has 10 heteroatoms. The molecule has 178 valence electrons. The Morgan fingerprint density at radius 3 is 3.03 bits per heavy atom. The molecule has 2 amide bonds. The smallest absolute Gasteiger partial charge is 0.320 e. The van der Waals surface area contributed by atoms with Gasteiger partial charge in [0.25, 0.3) is 0 Å². The van der Waals surface area contributed by atoms with Crippen LogP contribution in [0.1, 0.15) is 28.5 Å². The highest BCUT2D eigenvalue weighted by molar-refractivity contribution is 7.19. The summed E-state index contributed by atoms with van der Waals surface area (Å²) in [6, 6.07) is 4.10. The summed E-state index contributed by atoms with van der Waals surface area (Å²) in [7, 11) is 3.49. The molecule has 1 aromatic carbocycles. The molecule has 0 spiro atoms. The number of carbonyl (C=O) groups excluding carboxylic acids is 1. The average Bonchev–Trinajstić information content (AvgIpc) is 3.46. The Balaban J connectivity index is 1.41. The number of urea groups is 1. The van der Waals surface area contributed by atoms with E-state index in [2.05, 4.69) is 26.3 Å². The van der Waals surface area contributed by atoms with Crippen molar-refractivity contribution in [3.8, 4) is 5.75 Å². The Labute approximate surface area is 202 Å². The first-order chi connectivity index (χ1) is 16.6. The van der Waals surface area contributed by atoms with Crippen LogP contribution in [0.15, 0.2) is 23.5 Å². The standard InChI is InChI=1S/C24H28N6O3S/c1-4-33-8-7-29(2)24(31)30-6-5-17-20(13-30)34-23-21(17)22(26-14-27-23)28-18-9-15-11-25-12-16(15)10-19(18)32-3/h9-11,14H,4-8,12-13H2,1-3H3,(H,26,27,28). The summed E-state index contributed by atoms with van der Waals surface area (Å²) in [4.78, 5) is 32.1. The largest absolute Gasteiger partial charge is 0.495 e. The predicted molar refractivity (Wildman–Crippen MR) is 134 cm³/mol. The third kappa shape index (κ3) is 4.19. The first kappa shape index (κ1) is 22.5. The molecule has 0 fully saturated rings. The third-order valence-corrected chi connectivity index (χ3v) is 7.34. The Bertz CT molecular complexity index is 1260. The van der Waals surface area contributed by atoms with Gasteiger partial charge in [0, 0.05) is 37.8 Å². The molecule has 0 unspecified atom stereocenters. The molecule has 0 atom stereocenters. The van der Waals surface area contributed by atoms with Crippen LogP contribution in [0.25, 0.3) is 10.2 Å². The number of hydrogen-bond acceptors (Lipinski definition) is 8. The number of benzene rings is 1. The molecule has 0 saturated carbocycles. The first-order valence-corrected chi connectivity index (χ1v) is 12.2. The van der Waals surface area contributed by atoms with Crippen LogP contribution < -0.4 is 10.1 Å². The van der Waals surface area contributed by atoms with E-state index in [9.17, 15) is 4.79 Å². The zero-order valence-corrected chi connectivity index (χ0v) is 20.4. The molecule has 0 saturated heterocycles. The van der Waals surface area contributed by atoms with Crippen molar-refractivity contribution in [2.75, 3.05) is 45.8 Å². The van der Waals surface area contributed by atoms with Gasteiger partial charge in [-0.3, -0.25) is 4.99 Å². The Morgan fingerprint density at radius 1 is 1.32 bits per heavy atom. The molecule has 0 radical (unpaired) electrons. The number of amides is 2. The summed E-state index contributed by atoms with van der Waals surface area (Å²) in [6.07, 6.45) is 4.23. The van der Waals surface area contributed by atoms with Gasteiger partial charge in [0.05, 0.1) is 37.9 Å². The van der Waals surface area contributed by atoms with Crippen LogP contribution in [-0.4, -0.2) is 72.5 Å². The summed E-state index contributed by atoms with van der Waals surface area (Å²) in [5.74, 6) is 1.51. The van der Waals surface area contributed by atoms with E-state index in [4.69, 9.17) is 9.47 Å². The SMILES string of the molecule is CCOCCN(C)C(=O)N1CCc2c(sc3ncnc(Nc4cc5c(cc4OC)CN=C5)c23)C1. The van der Waals surface area contributed by atoms with Crippen molar-refractivity contribution in [3.63, 3.8) is 0 Å². The van der Waals surface area contributed by atoms with Gasteiger partial charge in [-0.05, 0) is 42.2 Å². The van der Waals surface area contributed by atoms with Crippen LogP contribution in [0.5, 0.6) is 5.75 Å². The highest BCUT2D eigenvalue weighted by Crippen LogP contribution is 2.40. The van der Waals surface area contributed by atoms with Gasteiger partial charge < -0.3 is 24.6 Å². The highest BCUT2D eigenvalue weighted by atomic mass is 32.1. The van der Waals surface area contributed by atoms with Crippen LogP contribution >= 0.6 is 11.3 Å². The first-order valence-electron chi connectivity index (χ1n) is 11.4. The number of nitrogens with zero attached hydrogens (tertiary/aromatic N) is 5. The Morgan fingerprint density at radius 2 is 2.21 bits per heavy atom. The minimum absolute atomic E-state index is 0.0248. The fraction of sp³-hybridized carbons (Fsp3) is 0.417. The van der Waals surface area contributed by atoms with E-state index in [0.717, 1.165) is 49.9 Å². The lowest BCUT2D eigenvalue weighted by molar-refractivity contribution is 0.112. The van der Waals surface area contributed by atoms with E-state index in [0.29, 0.717) is 39.4 Å². The molecule has 5 rings (SSSR count). The second-order valence-electron chi connectivity index (χ2n) is 8.32. The van der Waals surface area contributed by atoms with Gasteiger partial charge >= 0.3 is 6.03 Å². The van der Waals surface area contributed by atoms with Crippen LogP contribution in [0.3, 0.4) is 0 Å². The molecule has 4 heterocycles. The fourth-order valence-corrected chi connectivity index (χ4v) is 5.60. The lowest BCUT2D eigenvalue weighted by atomic mass is 10.0. The molecule has 2 aliphatic heterocycles. The van der Waals surface area contributed by atoms with Crippen molar-refractivity contribution in [1.82, 2.24) is 19.8 Å². The summed E-state index contributed by atoms with van der Waals surface area (Å²) >= 11 is 1.63. The van der Waals surface area contributed by atoms with Crippen LogP contribution in [0.2, 0.25) is 0 Å². The van der Waals surface area contributed by atoms with Gasteiger partial charge in [0.1, 0.15) is 22.7 Å². The van der Waals surface area contributed by atoms with Gasteiger partial charge in [0.15, 0.2) is 0 Å². The number of carbonyl (C=O) groups is 1. The van der Waals surface area contributed by atoms with Crippen molar-refractivity contribution >= 4 is 45.3 Å². The van der Waals surface area contributed by atoms with Gasteiger partial charge in [-0.2, -0.15) is 0 Å². The lowest BCUT2D eigenvalue weighted by Gasteiger charge is -2.31. The Kier molecular flexibility index (Phi) is 6.34. The molecule has 34 heavy (non-hydrogen) atoms. The second kappa shape index (κ2) is 9.55. The van der Waals surface area contributed by atoms with E-state index in [1.807, 2.05) is 31.2 Å². The number of fused-ring (bicyclic) bond motifs is 4. The zero-order valence-electron chi connectivity index (χ0n) is 19.6. The number of methoxy groups -OCH3 is 1. The number of rotatable bonds is 7. The summed E-state index contributed by atoms with van der Waals surface area (Å²) in [5, 5.41) is 4.50. The molecule has 2 aliphatic rings. The molecular formula is C24H28N6O3S. The maximum atomic E-state index is 12.9. The number of aliphatic imine (C=N–C) groups is 1. The topological polar surface area (TPSA) is 92.2 Å². The van der Waals surface area contributed by atoms with E-state index in [1.165, 1.54) is 5.56 Å². The lowest BCUT2D eigenvalue weighted by Crippen LogP contribution is -2.44. The van der Waals surface area contributed by atoms with Crippen molar-refractivity contribution in [2.24, 2.45) is 4.99 Å². The van der Waals surface area contributed by atoms with Crippen LogP contribution in [0, 0.1) is 0 Å². The van der Waals surface area contributed by atoms with Gasteiger partial charge in [-0.15, -0.1) is 11.3 Å². The molecule has 3 aromatic rings. The Hall–Kier alpha value is -3.24. The fourth-order valence-electron chi connectivity index (χ4n) is 4.40. The minimum atomic E-state index is 0.0248. The number of aromatic nitrogens is 2. The molecule has 1 N–H and O–H groups in total. The normalized spacial score (nSPS) is 14.3.